The fourth-order valence-corrected chi connectivity index (χ4v) is 4.35. The third-order valence-electron chi connectivity index (χ3n) is 6.13. The number of halogens is 2. The van der Waals surface area contributed by atoms with Gasteiger partial charge in [0.2, 0.25) is 0 Å². The summed E-state index contributed by atoms with van der Waals surface area (Å²) in [5.41, 5.74) is 1.33. The van der Waals surface area contributed by atoms with Gasteiger partial charge in [0.05, 0.1) is 23.7 Å². The minimum absolute atomic E-state index is 0. The van der Waals surface area contributed by atoms with E-state index in [1.54, 1.807) is 23.8 Å². The molecule has 1 fully saturated rings. The molecule has 0 amide bonds. The lowest BCUT2D eigenvalue weighted by Gasteiger charge is -2.36. The normalized spacial score (nSPS) is 13.7. The van der Waals surface area contributed by atoms with Gasteiger partial charge in [0.15, 0.2) is 0 Å². The van der Waals surface area contributed by atoms with Gasteiger partial charge in [-0.15, -0.1) is 31.4 Å². The Morgan fingerprint density at radius 3 is 2.26 bits per heavy atom. The first kappa shape index (κ1) is 27.5. The van der Waals surface area contributed by atoms with Gasteiger partial charge in [0.1, 0.15) is 5.75 Å². The maximum Gasteiger partial charge on any atom is 0.331 e. The van der Waals surface area contributed by atoms with E-state index >= 15 is 0 Å². The van der Waals surface area contributed by atoms with Gasteiger partial charge in [-0.1, -0.05) is 30.3 Å². The van der Waals surface area contributed by atoms with Crippen molar-refractivity contribution in [2.45, 2.75) is 19.5 Å². The fourth-order valence-electron chi connectivity index (χ4n) is 4.35. The fraction of sp³-hybridized carbons (Fsp3) is 0.360. The molecular weight excluding hydrogens is 475 g/mol. The zero-order chi connectivity index (χ0) is 22.5. The Hall–Kier alpha value is -2.74. The summed E-state index contributed by atoms with van der Waals surface area (Å²) in [4.78, 5) is 30.8. The zero-order valence-corrected chi connectivity index (χ0v) is 21.0. The first-order valence-corrected chi connectivity index (χ1v) is 11.1. The van der Waals surface area contributed by atoms with E-state index in [2.05, 4.69) is 22.4 Å². The Morgan fingerprint density at radius 2 is 1.56 bits per heavy atom. The van der Waals surface area contributed by atoms with E-state index in [0.717, 1.165) is 37.6 Å². The second-order valence-electron chi connectivity index (χ2n) is 7.99. The molecule has 34 heavy (non-hydrogen) atoms. The largest absolute Gasteiger partial charge is 0.495 e. The molecule has 0 spiro atoms. The van der Waals surface area contributed by atoms with Crippen LogP contribution in [-0.2, 0) is 13.1 Å². The Bertz CT molecular complexity index is 1220. The van der Waals surface area contributed by atoms with Gasteiger partial charge < -0.3 is 9.64 Å². The summed E-state index contributed by atoms with van der Waals surface area (Å²) in [7, 11) is 1.69. The molecular formula is C25H32Cl2N4O3. The standard InChI is InChI=1S/C25H30N4O3.2ClH/c1-3-4-13-28-21-10-6-5-9-20(21)24(30)29(25(28)31)19-16-26-14-17-27(18-15-26)22-11-7-8-12-23(22)32-2;;/h3,5-12H,1,4,13-19H2,2H3;2*1H. The summed E-state index contributed by atoms with van der Waals surface area (Å²) >= 11 is 0. The average molecular weight is 507 g/mol. The Labute approximate surface area is 212 Å². The third kappa shape index (κ3) is 5.66. The molecule has 1 aromatic heterocycles. The molecule has 3 aromatic rings. The number of rotatable bonds is 8. The maximum absolute atomic E-state index is 13.1. The van der Waals surface area contributed by atoms with Crippen LogP contribution in [0.1, 0.15) is 6.42 Å². The first-order chi connectivity index (χ1) is 15.6. The van der Waals surface area contributed by atoms with E-state index in [9.17, 15) is 9.59 Å². The SMILES string of the molecule is C=CCCn1c(=O)n(CCN2CCN(c3ccccc3OC)CC2)c(=O)c2ccccc21.Cl.Cl. The van der Waals surface area contributed by atoms with Crippen molar-refractivity contribution in [2.75, 3.05) is 44.7 Å². The summed E-state index contributed by atoms with van der Waals surface area (Å²) in [6, 6.07) is 15.4. The Kier molecular flexibility index (Phi) is 10.2. The predicted molar refractivity (Wildman–Crippen MR) is 143 cm³/mol. The van der Waals surface area contributed by atoms with E-state index in [0.29, 0.717) is 37.0 Å². The summed E-state index contributed by atoms with van der Waals surface area (Å²) in [5, 5.41) is 0.581. The van der Waals surface area contributed by atoms with Crippen molar-refractivity contribution < 1.29 is 4.74 Å². The number of anilines is 1. The van der Waals surface area contributed by atoms with Crippen molar-refractivity contribution in [3.8, 4) is 5.75 Å². The van der Waals surface area contributed by atoms with Crippen molar-refractivity contribution in [2.24, 2.45) is 0 Å². The highest BCUT2D eigenvalue weighted by Gasteiger charge is 2.20. The molecule has 1 saturated heterocycles. The number of hydrogen-bond acceptors (Lipinski definition) is 5. The van der Waals surface area contributed by atoms with Crippen LogP contribution in [0.3, 0.4) is 0 Å². The summed E-state index contributed by atoms with van der Waals surface area (Å²) in [5.74, 6) is 0.878. The molecule has 2 aromatic carbocycles. The van der Waals surface area contributed by atoms with Crippen LogP contribution in [0.15, 0.2) is 70.8 Å². The number of aryl methyl sites for hydroxylation is 1. The topological polar surface area (TPSA) is 59.7 Å². The molecule has 0 radical (unpaired) electrons. The van der Waals surface area contributed by atoms with Crippen molar-refractivity contribution in [3.05, 3.63) is 82.0 Å². The number of benzene rings is 2. The van der Waals surface area contributed by atoms with Gasteiger partial charge in [-0.25, -0.2) is 4.79 Å². The summed E-state index contributed by atoms with van der Waals surface area (Å²) in [6.07, 6.45) is 2.46. The molecule has 1 aliphatic heterocycles. The Morgan fingerprint density at radius 1 is 0.882 bits per heavy atom. The quantitative estimate of drug-likeness (QED) is 0.438. The Balaban J connectivity index is 0.00000204. The van der Waals surface area contributed by atoms with Crippen LogP contribution < -0.4 is 20.9 Å². The number of hydrogen-bond donors (Lipinski definition) is 0. The van der Waals surface area contributed by atoms with Crippen LogP contribution in [0.5, 0.6) is 5.75 Å². The number of para-hydroxylation sites is 3. The van der Waals surface area contributed by atoms with Crippen molar-refractivity contribution in [1.29, 1.82) is 0 Å². The minimum atomic E-state index is -0.247. The van der Waals surface area contributed by atoms with Gasteiger partial charge in [-0.3, -0.25) is 18.8 Å². The van der Waals surface area contributed by atoms with Crippen LogP contribution in [0, 0.1) is 0 Å². The van der Waals surface area contributed by atoms with Gasteiger partial charge in [0.25, 0.3) is 5.56 Å². The van der Waals surface area contributed by atoms with Gasteiger partial charge in [-0.05, 0) is 30.7 Å². The molecule has 4 rings (SSSR count). The lowest BCUT2D eigenvalue weighted by molar-refractivity contribution is 0.244. The number of aromatic nitrogens is 2. The van der Waals surface area contributed by atoms with Gasteiger partial charge >= 0.3 is 5.69 Å². The molecule has 9 heteroatoms. The number of piperazine rings is 1. The third-order valence-corrected chi connectivity index (χ3v) is 6.13. The second-order valence-corrected chi connectivity index (χ2v) is 7.99. The summed E-state index contributed by atoms with van der Waals surface area (Å²) < 4.78 is 8.57. The van der Waals surface area contributed by atoms with Crippen LogP contribution in [0.25, 0.3) is 10.9 Å². The molecule has 1 aliphatic rings. The van der Waals surface area contributed by atoms with Crippen LogP contribution in [-0.4, -0.2) is 53.9 Å². The number of allylic oxidation sites excluding steroid dienone is 1. The number of nitrogens with zero attached hydrogens (tertiary/aromatic N) is 4. The first-order valence-electron chi connectivity index (χ1n) is 11.1. The average Bonchev–Trinajstić information content (AvgIpc) is 2.84. The molecule has 184 valence electrons. The zero-order valence-electron chi connectivity index (χ0n) is 19.4. The van der Waals surface area contributed by atoms with Crippen molar-refractivity contribution >= 4 is 41.4 Å². The molecule has 0 N–H and O–H groups in total. The van der Waals surface area contributed by atoms with Crippen LogP contribution >= 0.6 is 24.8 Å². The number of fused-ring (bicyclic) bond motifs is 1. The van der Waals surface area contributed by atoms with E-state index in [-0.39, 0.29) is 36.1 Å². The minimum Gasteiger partial charge on any atom is -0.495 e. The van der Waals surface area contributed by atoms with E-state index in [1.165, 1.54) is 4.57 Å². The van der Waals surface area contributed by atoms with Gasteiger partial charge in [-0.2, -0.15) is 0 Å². The number of ether oxygens (including phenoxy) is 1. The van der Waals surface area contributed by atoms with Crippen molar-refractivity contribution in [1.82, 2.24) is 14.0 Å². The highest BCUT2D eigenvalue weighted by Crippen LogP contribution is 2.28. The van der Waals surface area contributed by atoms with Crippen molar-refractivity contribution in [3.63, 3.8) is 0 Å². The van der Waals surface area contributed by atoms with E-state index in [1.807, 2.05) is 36.4 Å². The summed E-state index contributed by atoms with van der Waals surface area (Å²) in [6.45, 7) is 8.79. The lowest BCUT2D eigenvalue weighted by atomic mass is 10.2. The highest BCUT2D eigenvalue weighted by atomic mass is 35.5. The predicted octanol–water partition coefficient (Wildman–Crippen LogP) is 3.41. The molecule has 0 bridgehead atoms. The maximum atomic E-state index is 13.1. The lowest BCUT2D eigenvalue weighted by Crippen LogP contribution is -2.49. The van der Waals surface area contributed by atoms with E-state index < -0.39 is 0 Å². The molecule has 0 aliphatic carbocycles. The monoisotopic (exact) mass is 506 g/mol. The molecule has 0 atom stereocenters. The molecule has 2 heterocycles. The van der Waals surface area contributed by atoms with Crippen LogP contribution in [0.2, 0.25) is 0 Å². The molecule has 0 saturated carbocycles. The van der Waals surface area contributed by atoms with Gasteiger partial charge in [0, 0.05) is 45.8 Å². The molecule has 7 nitrogen and oxygen atoms in total. The molecule has 0 unspecified atom stereocenters. The van der Waals surface area contributed by atoms with E-state index in [4.69, 9.17) is 4.74 Å². The highest BCUT2D eigenvalue weighted by molar-refractivity contribution is 5.85. The number of methoxy groups -OCH3 is 1. The smallest absolute Gasteiger partial charge is 0.331 e. The second kappa shape index (κ2) is 12.6. The van der Waals surface area contributed by atoms with Crippen LogP contribution in [0.4, 0.5) is 5.69 Å².